The van der Waals surface area contributed by atoms with Gasteiger partial charge >= 0.3 is 0 Å². The van der Waals surface area contributed by atoms with Crippen molar-refractivity contribution in [2.24, 2.45) is 0 Å². The fourth-order valence-corrected chi connectivity index (χ4v) is 2.06. The highest BCUT2D eigenvalue weighted by Crippen LogP contribution is 2.34. The lowest BCUT2D eigenvalue weighted by Crippen LogP contribution is -1.93. The summed E-state index contributed by atoms with van der Waals surface area (Å²) in [5.74, 6) is 1.31. The van der Waals surface area contributed by atoms with Crippen LogP contribution in [0.1, 0.15) is 5.69 Å². The largest absolute Gasteiger partial charge is 0.493 e. The predicted molar refractivity (Wildman–Crippen MR) is 67.0 cm³/mol. The highest BCUT2D eigenvalue weighted by Gasteiger charge is 2.13. The van der Waals surface area contributed by atoms with Crippen molar-refractivity contribution >= 4 is 21.9 Å². The van der Waals surface area contributed by atoms with Crippen LogP contribution in [-0.2, 0) is 0 Å². The van der Waals surface area contributed by atoms with Gasteiger partial charge in [0.05, 0.1) is 25.1 Å². The molecule has 0 unspecified atom stereocenters. The summed E-state index contributed by atoms with van der Waals surface area (Å²) >= 11 is 0. The predicted octanol–water partition coefficient (Wildman–Crippen LogP) is 1.83. The Kier molecular flexibility index (Phi) is 2.29. The number of fused-ring (bicyclic) bond motifs is 3. The highest BCUT2D eigenvalue weighted by atomic mass is 16.5. The Labute approximate surface area is 103 Å². The van der Waals surface area contributed by atoms with E-state index in [-0.39, 0.29) is 0 Å². The molecule has 0 bridgehead atoms. The van der Waals surface area contributed by atoms with Crippen molar-refractivity contribution in [3.05, 3.63) is 17.8 Å². The zero-order chi connectivity index (χ0) is 12.7. The van der Waals surface area contributed by atoms with Crippen LogP contribution in [0.3, 0.4) is 0 Å². The number of hydrogen-bond donors (Lipinski definition) is 1. The van der Waals surface area contributed by atoms with Gasteiger partial charge in [0, 0.05) is 17.1 Å². The average Bonchev–Trinajstić information content (AvgIpc) is 2.79. The molecule has 1 aromatic carbocycles. The second-order valence-corrected chi connectivity index (χ2v) is 3.97. The molecule has 0 fully saturated rings. The molecular weight excluding hydrogens is 232 g/mol. The molecule has 0 atom stereocenters. The van der Waals surface area contributed by atoms with E-state index in [1.165, 1.54) is 0 Å². The van der Waals surface area contributed by atoms with Gasteiger partial charge in [-0.05, 0) is 13.0 Å². The topological polar surface area (TPSA) is 72.9 Å². The fourth-order valence-electron chi connectivity index (χ4n) is 2.06. The maximum Gasteiger partial charge on any atom is 0.203 e. The normalized spacial score (nSPS) is 11.1. The van der Waals surface area contributed by atoms with Crippen molar-refractivity contribution in [2.75, 3.05) is 14.2 Å². The first kappa shape index (κ1) is 10.8. The molecule has 18 heavy (non-hydrogen) atoms. The van der Waals surface area contributed by atoms with E-state index in [0.29, 0.717) is 17.1 Å². The van der Waals surface area contributed by atoms with Crippen LogP contribution in [0.25, 0.3) is 21.9 Å². The van der Waals surface area contributed by atoms with E-state index in [4.69, 9.17) is 9.47 Å². The standard InChI is InChI=1S/C12H12N4O2/c1-6-11-7-4-9(17-2)10(18-3)5-8(7)14-16-12(11)15-13-6/h4-5H,1-3H3,(H,13,15,16). The summed E-state index contributed by atoms with van der Waals surface area (Å²) in [7, 11) is 3.20. The van der Waals surface area contributed by atoms with Crippen molar-refractivity contribution in [2.45, 2.75) is 6.92 Å². The maximum atomic E-state index is 5.31. The molecule has 6 nitrogen and oxygen atoms in total. The van der Waals surface area contributed by atoms with Gasteiger partial charge in [-0.25, -0.2) is 0 Å². The van der Waals surface area contributed by atoms with Gasteiger partial charge in [0.25, 0.3) is 0 Å². The number of ether oxygens (including phenoxy) is 2. The summed E-state index contributed by atoms with van der Waals surface area (Å²) in [5, 5.41) is 17.1. The maximum absolute atomic E-state index is 5.31. The Balaban J connectivity index is 2.46. The van der Waals surface area contributed by atoms with E-state index in [2.05, 4.69) is 20.4 Å². The number of aromatic nitrogens is 4. The van der Waals surface area contributed by atoms with Crippen molar-refractivity contribution in [1.29, 1.82) is 0 Å². The summed E-state index contributed by atoms with van der Waals surface area (Å²) in [4.78, 5) is 0. The molecule has 6 heteroatoms. The quantitative estimate of drug-likeness (QED) is 0.744. The summed E-state index contributed by atoms with van der Waals surface area (Å²) < 4.78 is 10.6. The first-order valence-electron chi connectivity index (χ1n) is 5.47. The van der Waals surface area contributed by atoms with E-state index < -0.39 is 0 Å². The summed E-state index contributed by atoms with van der Waals surface area (Å²) in [6, 6.07) is 3.71. The molecule has 0 aliphatic heterocycles. The molecular formula is C12H12N4O2. The van der Waals surface area contributed by atoms with E-state index >= 15 is 0 Å². The Hall–Kier alpha value is -2.37. The first-order chi connectivity index (χ1) is 8.74. The molecule has 2 heterocycles. The first-order valence-corrected chi connectivity index (χ1v) is 5.47. The average molecular weight is 244 g/mol. The Morgan fingerprint density at radius 3 is 2.50 bits per heavy atom. The van der Waals surface area contributed by atoms with Crippen LogP contribution in [0, 0.1) is 6.92 Å². The van der Waals surface area contributed by atoms with Gasteiger partial charge in [-0.2, -0.15) is 5.10 Å². The fraction of sp³-hybridized carbons (Fsp3) is 0.250. The SMILES string of the molecule is COc1cc2nnc3n[nH]c(C)c3c2cc1OC. The number of hydrogen-bond acceptors (Lipinski definition) is 5. The van der Waals surface area contributed by atoms with Crippen molar-refractivity contribution < 1.29 is 9.47 Å². The number of nitrogens with zero attached hydrogens (tertiary/aromatic N) is 3. The second kappa shape index (κ2) is 3.83. The third kappa shape index (κ3) is 1.38. The van der Waals surface area contributed by atoms with Gasteiger partial charge in [-0.1, -0.05) is 0 Å². The Morgan fingerprint density at radius 1 is 1.06 bits per heavy atom. The second-order valence-electron chi connectivity index (χ2n) is 3.97. The number of H-pyrrole nitrogens is 1. The minimum absolute atomic E-state index is 0.604. The number of benzene rings is 1. The Morgan fingerprint density at radius 2 is 1.78 bits per heavy atom. The number of aryl methyl sites for hydroxylation is 1. The summed E-state index contributed by atoms with van der Waals surface area (Å²) in [5.41, 5.74) is 2.31. The number of methoxy groups -OCH3 is 2. The van der Waals surface area contributed by atoms with E-state index in [0.717, 1.165) is 22.0 Å². The molecule has 0 aliphatic carbocycles. The lowest BCUT2D eigenvalue weighted by Gasteiger charge is -2.08. The molecule has 0 aliphatic rings. The van der Waals surface area contributed by atoms with Crippen molar-refractivity contribution in [3.63, 3.8) is 0 Å². The van der Waals surface area contributed by atoms with Gasteiger partial charge in [0.2, 0.25) is 5.65 Å². The number of nitrogens with one attached hydrogen (secondary N) is 1. The van der Waals surface area contributed by atoms with E-state index in [1.807, 2.05) is 19.1 Å². The smallest absolute Gasteiger partial charge is 0.203 e. The summed E-state index contributed by atoms with van der Waals surface area (Å²) in [6.07, 6.45) is 0. The van der Waals surface area contributed by atoms with Crippen LogP contribution in [0.2, 0.25) is 0 Å². The zero-order valence-electron chi connectivity index (χ0n) is 10.3. The zero-order valence-corrected chi connectivity index (χ0v) is 10.3. The number of rotatable bonds is 2. The molecule has 0 spiro atoms. The van der Waals surface area contributed by atoms with Crippen LogP contribution in [0.4, 0.5) is 0 Å². The van der Waals surface area contributed by atoms with Crippen LogP contribution in [-0.4, -0.2) is 34.6 Å². The molecule has 0 radical (unpaired) electrons. The van der Waals surface area contributed by atoms with Crippen molar-refractivity contribution in [1.82, 2.24) is 20.4 Å². The molecule has 92 valence electrons. The van der Waals surface area contributed by atoms with Gasteiger partial charge in [-0.15, -0.1) is 10.2 Å². The number of aromatic amines is 1. The highest BCUT2D eigenvalue weighted by molar-refractivity contribution is 6.04. The third-order valence-electron chi connectivity index (χ3n) is 2.95. The van der Waals surface area contributed by atoms with Crippen LogP contribution >= 0.6 is 0 Å². The third-order valence-corrected chi connectivity index (χ3v) is 2.95. The monoisotopic (exact) mass is 244 g/mol. The minimum Gasteiger partial charge on any atom is -0.493 e. The van der Waals surface area contributed by atoms with Gasteiger partial charge in [0.15, 0.2) is 11.5 Å². The minimum atomic E-state index is 0.604. The molecule has 0 amide bonds. The van der Waals surface area contributed by atoms with Crippen LogP contribution in [0.15, 0.2) is 12.1 Å². The summed E-state index contributed by atoms with van der Waals surface area (Å²) in [6.45, 7) is 1.95. The Bertz CT molecular complexity index is 736. The van der Waals surface area contributed by atoms with E-state index in [1.54, 1.807) is 14.2 Å². The molecule has 3 rings (SSSR count). The van der Waals surface area contributed by atoms with Gasteiger partial charge in [0.1, 0.15) is 0 Å². The molecule has 3 aromatic rings. The molecule has 1 N–H and O–H groups in total. The molecule has 0 saturated carbocycles. The van der Waals surface area contributed by atoms with Crippen molar-refractivity contribution in [3.8, 4) is 11.5 Å². The van der Waals surface area contributed by atoms with Crippen LogP contribution < -0.4 is 9.47 Å². The van der Waals surface area contributed by atoms with E-state index in [9.17, 15) is 0 Å². The molecule has 2 aromatic heterocycles. The molecule has 0 saturated heterocycles. The lowest BCUT2D eigenvalue weighted by atomic mass is 10.1. The lowest BCUT2D eigenvalue weighted by molar-refractivity contribution is 0.356. The van der Waals surface area contributed by atoms with Crippen LogP contribution in [0.5, 0.6) is 11.5 Å². The van der Waals surface area contributed by atoms with Gasteiger partial charge in [-0.3, -0.25) is 5.10 Å². The van der Waals surface area contributed by atoms with Gasteiger partial charge < -0.3 is 9.47 Å².